The molecule has 1 aliphatic carbocycles. The molecule has 6 rings (SSSR count). The summed E-state index contributed by atoms with van der Waals surface area (Å²) in [5.74, 6) is -2.08. The largest absolute Gasteiger partial charge is 0.494 e. The molecule has 17 heteroatoms. The summed E-state index contributed by atoms with van der Waals surface area (Å²) in [6.45, 7) is 2.65. The van der Waals surface area contributed by atoms with Crippen molar-refractivity contribution < 1.29 is 46.9 Å². The Morgan fingerprint density at radius 2 is 1.80 bits per heavy atom. The summed E-state index contributed by atoms with van der Waals surface area (Å²) in [6, 6.07) is 20.1. The van der Waals surface area contributed by atoms with Gasteiger partial charge in [-0.3, -0.25) is 14.4 Å². The zero-order valence-corrected chi connectivity index (χ0v) is 31.2. The standard InChI is InChI=1S/C37H42N6O5S.C2HF3O2/c38-28(18-30-23-49-24-40-30)20-39-15-2-1-3-16-47-32-6-4-5-29(19-32)41-36(45)26-9-7-25(8-10-26)21-43(31-12-13-31)37(46)27-11-14-33-34(17-27)48-22-35(44)42-33;3-2(4,5)1(6)7/h4-11,14,17,19,23-24,28,31,39H,1-3,12-13,15-16,18,20-22,38H2,(H,41,45)(H,42,44);(H,6,7)/t28-;/m0./s1. The van der Waals surface area contributed by atoms with Gasteiger partial charge < -0.3 is 41.2 Å². The summed E-state index contributed by atoms with van der Waals surface area (Å²) in [7, 11) is 0. The second kappa shape index (κ2) is 19.9. The van der Waals surface area contributed by atoms with Crippen LogP contribution in [0.5, 0.6) is 11.5 Å². The maximum atomic E-state index is 13.5. The molecule has 1 fully saturated rings. The van der Waals surface area contributed by atoms with Gasteiger partial charge in [0.15, 0.2) is 6.61 Å². The summed E-state index contributed by atoms with van der Waals surface area (Å²) < 4.78 is 43.2. The smallest absolute Gasteiger partial charge is 0.490 e. The number of aliphatic carboxylic acids is 1. The normalized spacial score (nSPS) is 13.9. The average Bonchev–Trinajstić information content (AvgIpc) is 3.89. The molecular formula is C39H43F3N6O7S. The van der Waals surface area contributed by atoms with E-state index in [0.29, 0.717) is 47.2 Å². The van der Waals surface area contributed by atoms with Crippen LogP contribution in [0.3, 0.4) is 0 Å². The quantitative estimate of drug-likeness (QED) is 0.0810. The number of hydrogen-bond donors (Lipinski definition) is 5. The van der Waals surface area contributed by atoms with Gasteiger partial charge in [-0.05, 0) is 86.7 Å². The molecule has 0 unspecified atom stereocenters. The number of rotatable bonds is 17. The van der Waals surface area contributed by atoms with Crippen LogP contribution in [0.2, 0.25) is 0 Å². The van der Waals surface area contributed by atoms with E-state index < -0.39 is 12.1 Å². The van der Waals surface area contributed by atoms with Crippen LogP contribution >= 0.6 is 11.3 Å². The number of aromatic nitrogens is 1. The highest BCUT2D eigenvalue weighted by atomic mass is 32.1. The number of fused-ring (bicyclic) bond motifs is 1. The van der Waals surface area contributed by atoms with Gasteiger partial charge in [-0.1, -0.05) is 18.2 Å². The number of amides is 3. The topological polar surface area (TPSA) is 185 Å². The molecule has 1 aromatic heterocycles. The first-order valence-electron chi connectivity index (χ1n) is 18.0. The molecule has 1 saturated carbocycles. The minimum Gasteiger partial charge on any atom is -0.494 e. The Kier molecular flexibility index (Phi) is 14.8. The van der Waals surface area contributed by atoms with Crippen molar-refractivity contribution in [3.05, 3.63) is 100 Å². The maximum Gasteiger partial charge on any atom is 0.490 e. The molecule has 3 amide bonds. The van der Waals surface area contributed by atoms with Crippen LogP contribution in [0.4, 0.5) is 24.5 Å². The molecule has 2 aliphatic rings. The van der Waals surface area contributed by atoms with Crippen molar-refractivity contribution in [1.29, 1.82) is 0 Å². The number of carboxylic acid groups (broad SMARTS) is 1. The van der Waals surface area contributed by atoms with Crippen molar-refractivity contribution in [2.45, 2.75) is 63.3 Å². The number of halogens is 3. The summed E-state index contributed by atoms with van der Waals surface area (Å²) in [5, 5.41) is 18.3. The Hall–Kier alpha value is -5.52. The molecule has 298 valence electrons. The van der Waals surface area contributed by atoms with Gasteiger partial charge in [0.05, 0.1) is 23.5 Å². The Balaban J connectivity index is 0.000000784. The van der Waals surface area contributed by atoms with Gasteiger partial charge in [-0.15, -0.1) is 11.3 Å². The Morgan fingerprint density at radius 1 is 1.05 bits per heavy atom. The SMILES string of the molecule is N[C@H](CNCCCCCOc1cccc(NC(=O)c2ccc(CN(C(=O)c3ccc4c(c3)OCC(=O)N4)C3CC3)cc2)c1)Cc1cscn1.O=C(O)C(F)(F)F. The Bertz CT molecular complexity index is 1940. The summed E-state index contributed by atoms with van der Waals surface area (Å²) >= 11 is 1.59. The highest BCUT2D eigenvalue weighted by Gasteiger charge is 2.38. The zero-order valence-electron chi connectivity index (χ0n) is 30.3. The molecule has 4 aromatic rings. The molecule has 13 nitrogen and oxygen atoms in total. The average molecular weight is 797 g/mol. The molecule has 56 heavy (non-hydrogen) atoms. The van der Waals surface area contributed by atoms with Crippen LogP contribution in [0.15, 0.2) is 77.6 Å². The van der Waals surface area contributed by atoms with Gasteiger partial charge in [-0.25, -0.2) is 9.78 Å². The first-order valence-corrected chi connectivity index (χ1v) is 18.9. The van der Waals surface area contributed by atoms with E-state index in [2.05, 4.69) is 20.9 Å². The highest BCUT2D eigenvalue weighted by Crippen LogP contribution is 2.33. The van der Waals surface area contributed by atoms with Crippen molar-refractivity contribution in [1.82, 2.24) is 15.2 Å². The maximum absolute atomic E-state index is 13.5. The number of nitrogens with two attached hydrogens (primary N) is 1. The highest BCUT2D eigenvalue weighted by molar-refractivity contribution is 7.07. The third-order valence-corrected chi connectivity index (χ3v) is 9.28. The molecule has 0 bridgehead atoms. The van der Waals surface area contributed by atoms with Crippen molar-refractivity contribution >= 4 is 46.4 Å². The molecular weight excluding hydrogens is 754 g/mol. The van der Waals surface area contributed by atoms with E-state index in [9.17, 15) is 27.6 Å². The molecule has 0 spiro atoms. The molecule has 1 aliphatic heterocycles. The van der Waals surface area contributed by atoms with Crippen molar-refractivity contribution in [3.8, 4) is 11.5 Å². The second-order valence-corrected chi connectivity index (χ2v) is 14.0. The van der Waals surface area contributed by atoms with Crippen molar-refractivity contribution in [2.24, 2.45) is 5.73 Å². The number of benzene rings is 3. The number of ether oxygens (including phenoxy) is 2. The predicted molar refractivity (Wildman–Crippen MR) is 204 cm³/mol. The molecule has 0 radical (unpaired) electrons. The Labute approximate surface area is 325 Å². The third-order valence-electron chi connectivity index (χ3n) is 8.64. The van der Waals surface area contributed by atoms with E-state index in [1.807, 2.05) is 52.2 Å². The molecule has 6 N–H and O–H groups in total. The lowest BCUT2D eigenvalue weighted by Crippen LogP contribution is -2.36. The monoisotopic (exact) mass is 796 g/mol. The van der Waals surface area contributed by atoms with Crippen molar-refractivity contribution in [2.75, 3.05) is 36.9 Å². The number of nitrogens with one attached hydrogen (secondary N) is 3. The number of carboxylic acids is 1. The first-order chi connectivity index (χ1) is 26.9. The van der Waals surface area contributed by atoms with Gasteiger partial charge in [-0.2, -0.15) is 13.2 Å². The van der Waals surface area contributed by atoms with E-state index in [4.69, 9.17) is 25.1 Å². The number of carbonyl (C=O) groups is 4. The lowest BCUT2D eigenvalue weighted by Gasteiger charge is -2.24. The van der Waals surface area contributed by atoms with Crippen LogP contribution in [-0.4, -0.2) is 83.2 Å². The molecule has 1 atom stereocenters. The first kappa shape index (κ1) is 41.6. The molecule has 3 aromatic carbocycles. The van der Waals surface area contributed by atoms with Gasteiger partial charge >= 0.3 is 12.1 Å². The van der Waals surface area contributed by atoms with Crippen LogP contribution in [0.1, 0.15) is 64.1 Å². The number of nitrogens with zero attached hydrogens (tertiary/aromatic N) is 2. The fraction of sp³-hybridized carbons (Fsp3) is 0.359. The van der Waals surface area contributed by atoms with E-state index in [1.165, 1.54) is 0 Å². The summed E-state index contributed by atoms with van der Waals surface area (Å²) in [6.07, 6.45) is 0.627. The number of thiazole rings is 1. The Morgan fingerprint density at radius 3 is 2.50 bits per heavy atom. The number of unbranched alkanes of at least 4 members (excludes halogenated alkanes) is 2. The lowest BCUT2D eigenvalue weighted by atomic mass is 10.1. The second-order valence-electron chi connectivity index (χ2n) is 13.3. The van der Waals surface area contributed by atoms with Crippen LogP contribution in [-0.2, 0) is 22.6 Å². The van der Waals surface area contributed by atoms with E-state index in [0.717, 1.165) is 62.9 Å². The van der Waals surface area contributed by atoms with E-state index in [-0.39, 0.29) is 36.4 Å². The van der Waals surface area contributed by atoms with Crippen LogP contribution in [0, 0.1) is 0 Å². The van der Waals surface area contributed by atoms with Gasteiger partial charge in [0.1, 0.15) is 11.5 Å². The fourth-order valence-electron chi connectivity index (χ4n) is 5.64. The number of anilines is 2. The third kappa shape index (κ3) is 13.1. The van der Waals surface area contributed by atoms with E-state index in [1.54, 1.807) is 41.7 Å². The molecule has 0 saturated heterocycles. The predicted octanol–water partition coefficient (Wildman–Crippen LogP) is 5.87. The number of carbonyl (C=O) groups excluding carboxylic acids is 3. The van der Waals surface area contributed by atoms with Crippen LogP contribution in [0.25, 0.3) is 0 Å². The van der Waals surface area contributed by atoms with Gasteiger partial charge in [0.2, 0.25) is 0 Å². The molecule has 2 heterocycles. The summed E-state index contributed by atoms with van der Waals surface area (Å²) in [4.78, 5) is 53.2. The summed E-state index contributed by atoms with van der Waals surface area (Å²) in [5.41, 5.74) is 12.2. The van der Waals surface area contributed by atoms with Crippen molar-refractivity contribution in [3.63, 3.8) is 0 Å². The van der Waals surface area contributed by atoms with Gasteiger partial charge in [0.25, 0.3) is 17.7 Å². The lowest BCUT2D eigenvalue weighted by molar-refractivity contribution is -0.192. The number of alkyl halides is 3. The van der Waals surface area contributed by atoms with Gasteiger partial charge in [0, 0.05) is 59.9 Å². The zero-order chi connectivity index (χ0) is 40.1. The van der Waals surface area contributed by atoms with E-state index >= 15 is 0 Å². The van der Waals surface area contributed by atoms with Crippen LogP contribution < -0.4 is 31.2 Å². The minimum absolute atomic E-state index is 0.0645. The fourth-order valence-corrected chi connectivity index (χ4v) is 6.21. The number of hydrogen-bond acceptors (Lipinski definition) is 10. The minimum atomic E-state index is -5.08.